The Bertz CT molecular complexity index is 678. The Morgan fingerprint density at radius 1 is 1.05 bits per heavy atom. The topological polar surface area (TPSA) is 34.1 Å². The van der Waals surface area contributed by atoms with E-state index in [4.69, 9.17) is 0 Å². The predicted octanol–water partition coefficient (Wildman–Crippen LogP) is 3.82. The van der Waals surface area contributed by atoms with E-state index in [2.05, 4.69) is 0 Å². The lowest BCUT2D eigenvalue weighted by molar-refractivity contribution is 0.0989. The third-order valence-corrected chi connectivity index (χ3v) is 4.78. The Labute approximate surface area is 126 Å². The first kappa shape index (κ1) is 15.6. The van der Waals surface area contributed by atoms with E-state index in [1.54, 1.807) is 0 Å². The molecular formula is C17H17FO2S. The molecule has 0 heterocycles. The van der Waals surface area contributed by atoms with Gasteiger partial charge in [-0.05, 0) is 61.4 Å². The molecule has 2 aromatic carbocycles. The number of carbonyl (C=O) groups excluding carboxylic acids is 1. The molecule has 0 saturated heterocycles. The van der Waals surface area contributed by atoms with Crippen molar-refractivity contribution >= 4 is 16.6 Å². The van der Waals surface area contributed by atoms with Crippen molar-refractivity contribution in [3.8, 4) is 0 Å². The monoisotopic (exact) mass is 304 g/mol. The Kier molecular flexibility index (Phi) is 5.02. The van der Waals surface area contributed by atoms with Crippen molar-refractivity contribution in [1.82, 2.24) is 0 Å². The van der Waals surface area contributed by atoms with E-state index < -0.39 is 10.8 Å². The lowest BCUT2D eigenvalue weighted by Crippen LogP contribution is -2.07. The molecule has 0 spiro atoms. The van der Waals surface area contributed by atoms with Crippen LogP contribution in [0.4, 0.5) is 4.39 Å². The Hall–Kier alpha value is -1.81. The van der Waals surface area contributed by atoms with Gasteiger partial charge in [0.25, 0.3) is 0 Å². The number of hydrogen-bond donors (Lipinski definition) is 0. The summed E-state index contributed by atoms with van der Waals surface area (Å²) in [6, 6.07) is 11.1. The summed E-state index contributed by atoms with van der Waals surface area (Å²) in [5.41, 5.74) is 2.69. The predicted molar refractivity (Wildman–Crippen MR) is 82.5 cm³/mol. The first-order valence-corrected chi connectivity index (χ1v) is 8.03. The van der Waals surface area contributed by atoms with Crippen molar-refractivity contribution in [2.75, 3.05) is 5.75 Å². The Balaban J connectivity index is 1.98. The molecule has 0 N–H and O–H groups in total. The number of aryl methyl sites for hydroxylation is 2. The first-order valence-electron chi connectivity index (χ1n) is 6.72. The molecule has 0 aliphatic rings. The smallest absolute Gasteiger partial charge is 0.163 e. The van der Waals surface area contributed by atoms with E-state index in [1.165, 1.54) is 24.3 Å². The van der Waals surface area contributed by atoms with E-state index >= 15 is 0 Å². The van der Waals surface area contributed by atoms with Gasteiger partial charge in [-0.2, -0.15) is 0 Å². The standard InChI is InChI=1S/C17H17FO2S/c1-12-3-8-16(11-13(12)2)21(20)10-9-17(19)14-4-6-15(18)7-5-14/h3-8,11H,9-10H2,1-2H3. The van der Waals surface area contributed by atoms with Crippen LogP contribution in [0.3, 0.4) is 0 Å². The van der Waals surface area contributed by atoms with Gasteiger partial charge >= 0.3 is 0 Å². The number of hydrogen-bond acceptors (Lipinski definition) is 2. The molecule has 0 amide bonds. The van der Waals surface area contributed by atoms with Gasteiger partial charge in [-0.15, -0.1) is 0 Å². The van der Waals surface area contributed by atoms with Crippen molar-refractivity contribution in [2.45, 2.75) is 25.2 Å². The fourth-order valence-corrected chi connectivity index (χ4v) is 3.07. The molecule has 1 atom stereocenters. The van der Waals surface area contributed by atoms with Gasteiger partial charge in [-0.3, -0.25) is 9.00 Å². The maximum Gasteiger partial charge on any atom is 0.163 e. The van der Waals surface area contributed by atoms with Crippen molar-refractivity contribution < 1.29 is 13.4 Å². The summed E-state index contributed by atoms with van der Waals surface area (Å²) in [5.74, 6) is -0.212. The van der Waals surface area contributed by atoms with Crippen LogP contribution in [0.1, 0.15) is 27.9 Å². The minimum Gasteiger partial charge on any atom is -0.294 e. The molecule has 0 fully saturated rings. The Morgan fingerprint density at radius 3 is 2.33 bits per heavy atom. The van der Waals surface area contributed by atoms with Gasteiger partial charge in [-0.1, -0.05) is 6.07 Å². The molecule has 21 heavy (non-hydrogen) atoms. The highest BCUT2D eigenvalue weighted by Gasteiger charge is 2.10. The maximum atomic E-state index is 12.8. The average Bonchev–Trinajstić information content (AvgIpc) is 2.48. The van der Waals surface area contributed by atoms with Gasteiger partial charge in [0.15, 0.2) is 5.78 Å². The first-order chi connectivity index (χ1) is 9.97. The van der Waals surface area contributed by atoms with E-state index in [1.807, 2.05) is 32.0 Å². The number of benzene rings is 2. The van der Waals surface area contributed by atoms with Gasteiger partial charge in [-0.25, -0.2) is 4.39 Å². The van der Waals surface area contributed by atoms with E-state index in [0.29, 0.717) is 5.56 Å². The van der Waals surface area contributed by atoms with Crippen molar-refractivity contribution in [3.63, 3.8) is 0 Å². The zero-order valence-corrected chi connectivity index (χ0v) is 12.9. The molecular weight excluding hydrogens is 287 g/mol. The summed E-state index contributed by atoms with van der Waals surface area (Å²) < 4.78 is 25.0. The number of Topliss-reactive ketones (excluding diaryl/α,β-unsaturated/α-hetero) is 1. The SMILES string of the molecule is Cc1ccc(S(=O)CCC(=O)c2ccc(F)cc2)cc1C. The number of halogens is 1. The molecule has 4 heteroatoms. The molecule has 2 aromatic rings. The normalized spacial score (nSPS) is 12.1. The third kappa shape index (κ3) is 4.08. The lowest BCUT2D eigenvalue weighted by Gasteiger charge is -2.05. The second-order valence-electron chi connectivity index (χ2n) is 4.98. The Morgan fingerprint density at radius 2 is 1.71 bits per heavy atom. The van der Waals surface area contributed by atoms with Gasteiger partial charge < -0.3 is 0 Å². The molecule has 0 bridgehead atoms. The minimum absolute atomic E-state index is 0.118. The zero-order chi connectivity index (χ0) is 15.4. The molecule has 110 valence electrons. The van der Waals surface area contributed by atoms with Gasteiger partial charge in [0, 0.05) is 22.6 Å². The fraction of sp³-hybridized carbons (Fsp3) is 0.235. The third-order valence-electron chi connectivity index (χ3n) is 3.42. The minimum atomic E-state index is -1.20. The van der Waals surface area contributed by atoms with Crippen LogP contribution in [0, 0.1) is 19.7 Å². The van der Waals surface area contributed by atoms with Gasteiger partial charge in [0.1, 0.15) is 5.82 Å². The summed E-state index contributed by atoms with van der Waals surface area (Å²) in [4.78, 5) is 12.7. The second kappa shape index (κ2) is 6.76. The van der Waals surface area contributed by atoms with E-state index in [0.717, 1.165) is 16.0 Å². The largest absolute Gasteiger partial charge is 0.294 e. The van der Waals surface area contributed by atoms with Crippen LogP contribution in [-0.2, 0) is 10.8 Å². The van der Waals surface area contributed by atoms with Gasteiger partial charge in [0.05, 0.1) is 10.8 Å². The van der Waals surface area contributed by atoms with Crippen molar-refractivity contribution in [2.24, 2.45) is 0 Å². The molecule has 0 aromatic heterocycles. The number of rotatable bonds is 5. The van der Waals surface area contributed by atoms with Crippen LogP contribution in [0.15, 0.2) is 47.4 Å². The summed E-state index contributed by atoms with van der Waals surface area (Å²) in [7, 11) is -1.20. The molecule has 0 radical (unpaired) electrons. The van der Waals surface area contributed by atoms with Crippen LogP contribution in [0.2, 0.25) is 0 Å². The highest BCUT2D eigenvalue weighted by atomic mass is 32.2. The van der Waals surface area contributed by atoms with Crippen LogP contribution >= 0.6 is 0 Å². The molecule has 0 aliphatic heterocycles. The lowest BCUT2D eigenvalue weighted by atomic mass is 10.1. The molecule has 2 rings (SSSR count). The highest BCUT2D eigenvalue weighted by Crippen LogP contribution is 2.15. The molecule has 0 saturated carbocycles. The van der Waals surface area contributed by atoms with Crippen LogP contribution in [-0.4, -0.2) is 15.7 Å². The second-order valence-corrected chi connectivity index (χ2v) is 6.55. The maximum absolute atomic E-state index is 12.8. The van der Waals surface area contributed by atoms with E-state index in [-0.39, 0.29) is 23.8 Å². The number of ketones is 1. The summed E-state index contributed by atoms with van der Waals surface area (Å²) in [6.07, 6.45) is 0.186. The van der Waals surface area contributed by atoms with E-state index in [9.17, 15) is 13.4 Å². The van der Waals surface area contributed by atoms with Crippen LogP contribution in [0.5, 0.6) is 0 Å². The zero-order valence-electron chi connectivity index (χ0n) is 12.1. The van der Waals surface area contributed by atoms with Crippen LogP contribution in [0.25, 0.3) is 0 Å². The number of carbonyl (C=O) groups is 1. The average molecular weight is 304 g/mol. The summed E-state index contributed by atoms with van der Waals surface area (Å²) >= 11 is 0. The molecule has 1 unspecified atom stereocenters. The van der Waals surface area contributed by atoms with Crippen LogP contribution < -0.4 is 0 Å². The van der Waals surface area contributed by atoms with Crippen molar-refractivity contribution in [3.05, 3.63) is 65.0 Å². The van der Waals surface area contributed by atoms with Gasteiger partial charge in [0.2, 0.25) is 0 Å². The highest BCUT2D eigenvalue weighted by molar-refractivity contribution is 7.85. The quantitative estimate of drug-likeness (QED) is 0.787. The summed E-state index contributed by atoms with van der Waals surface area (Å²) in [5, 5.41) is 0. The summed E-state index contributed by atoms with van der Waals surface area (Å²) in [6.45, 7) is 3.97. The molecule has 0 aliphatic carbocycles. The molecule has 2 nitrogen and oxygen atoms in total. The van der Waals surface area contributed by atoms with Crippen molar-refractivity contribution in [1.29, 1.82) is 0 Å². The fourth-order valence-electron chi connectivity index (χ4n) is 1.94.